The molecule has 1 aliphatic rings. The topological polar surface area (TPSA) is 75.1 Å². The first kappa shape index (κ1) is 23.4. The predicted octanol–water partition coefficient (Wildman–Crippen LogP) is 6.24. The number of anilines is 1. The van der Waals surface area contributed by atoms with Crippen LogP contribution in [0.1, 0.15) is 16.7 Å². The van der Waals surface area contributed by atoms with Gasteiger partial charge in [-0.2, -0.15) is 13.2 Å². The monoisotopic (exact) mass is 534 g/mol. The fourth-order valence-electron chi connectivity index (χ4n) is 3.18. The van der Waals surface area contributed by atoms with Gasteiger partial charge in [0.2, 0.25) is 0 Å². The van der Waals surface area contributed by atoms with Crippen LogP contribution in [0.25, 0.3) is 0 Å². The van der Waals surface area contributed by atoms with Crippen LogP contribution >= 0.6 is 15.9 Å². The van der Waals surface area contributed by atoms with Crippen LogP contribution in [0.15, 0.2) is 81.2 Å². The molecule has 3 aromatic carbocycles. The Kier molecular flexibility index (Phi) is 6.64. The van der Waals surface area contributed by atoms with E-state index in [1.807, 2.05) is 0 Å². The molecule has 34 heavy (non-hydrogen) atoms. The number of fused-ring (bicyclic) bond motifs is 1. The summed E-state index contributed by atoms with van der Waals surface area (Å²) in [6.07, 6.45) is -5.61. The quantitative estimate of drug-likeness (QED) is 0.302. The van der Waals surface area contributed by atoms with E-state index in [1.165, 1.54) is 12.1 Å². The fraction of sp³-hybridized carbons (Fsp3) is 0.0870. The average molecular weight is 535 g/mol. The largest absolute Gasteiger partial charge is 0.435 e. The Balaban J connectivity index is 1.52. The minimum Gasteiger partial charge on any atom is -0.323 e. The van der Waals surface area contributed by atoms with Crippen LogP contribution < -0.4 is 10.8 Å². The molecule has 0 saturated carbocycles. The van der Waals surface area contributed by atoms with E-state index in [0.29, 0.717) is 17.0 Å². The average Bonchev–Trinajstić information content (AvgIpc) is 2.97. The standard InChI is InChI=1S/C23H15BrF4N4O2/c24-14-8-9-19-17(11-14)21(16-6-1-2-7-18(16)25)29-12-20(31-19)32-34-22(33)30-15-5-3-4-13(10-15)23(26,27)28/h1-11H,12H2,(H,30,33)(H,31,32). The summed E-state index contributed by atoms with van der Waals surface area (Å²) >= 11 is 3.39. The lowest BCUT2D eigenvalue weighted by Crippen LogP contribution is -2.31. The normalized spacial score (nSPS) is 13.2. The third-order valence-electron chi connectivity index (χ3n) is 4.68. The molecule has 2 N–H and O–H groups in total. The van der Waals surface area contributed by atoms with Gasteiger partial charge in [-0.15, -0.1) is 0 Å². The van der Waals surface area contributed by atoms with E-state index in [2.05, 4.69) is 36.7 Å². The Labute approximate surface area is 199 Å². The lowest BCUT2D eigenvalue weighted by molar-refractivity contribution is -0.137. The first-order valence-corrected chi connectivity index (χ1v) is 10.6. The van der Waals surface area contributed by atoms with E-state index in [1.54, 1.807) is 36.4 Å². The highest BCUT2D eigenvalue weighted by atomic mass is 79.9. The van der Waals surface area contributed by atoms with E-state index in [0.717, 1.165) is 22.7 Å². The summed E-state index contributed by atoms with van der Waals surface area (Å²) in [5.74, 6) is -0.325. The Bertz CT molecular complexity index is 1310. The molecular formula is C23H15BrF4N4O2. The molecule has 1 aliphatic heterocycles. The van der Waals surface area contributed by atoms with Gasteiger partial charge >= 0.3 is 12.3 Å². The molecule has 0 bridgehead atoms. The molecule has 3 aromatic rings. The molecule has 11 heteroatoms. The molecule has 0 radical (unpaired) electrons. The number of carbonyl (C=O) groups is 1. The van der Waals surface area contributed by atoms with Crippen molar-refractivity contribution >= 4 is 44.9 Å². The molecular weight excluding hydrogens is 520 g/mol. The van der Waals surface area contributed by atoms with E-state index in [9.17, 15) is 22.4 Å². The maximum Gasteiger partial charge on any atom is 0.435 e. The van der Waals surface area contributed by atoms with E-state index in [4.69, 9.17) is 4.84 Å². The molecule has 0 unspecified atom stereocenters. The smallest absolute Gasteiger partial charge is 0.323 e. The molecule has 0 spiro atoms. The number of alkyl halides is 3. The zero-order chi connectivity index (χ0) is 24.3. The maximum atomic E-state index is 14.5. The molecule has 4 rings (SSSR count). The minimum atomic E-state index is -4.55. The van der Waals surface area contributed by atoms with Crippen LogP contribution in [-0.4, -0.2) is 24.2 Å². The van der Waals surface area contributed by atoms with Crippen molar-refractivity contribution in [2.75, 3.05) is 11.9 Å². The summed E-state index contributed by atoms with van der Waals surface area (Å²) in [7, 11) is 0. The molecule has 1 amide bonds. The number of hydroxylamine groups is 1. The Morgan fingerprint density at radius 1 is 1.00 bits per heavy atom. The number of nitrogens with zero attached hydrogens (tertiary/aromatic N) is 2. The zero-order valence-corrected chi connectivity index (χ0v) is 18.7. The van der Waals surface area contributed by atoms with Crippen LogP contribution in [0, 0.1) is 5.82 Å². The van der Waals surface area contributed by atoms with Crippen LogP contribution in [-0.2, 0) is 11.0 Å². The van der Waals surface area contributed by atoms with Crippen molar-refractivity contribution in [1.82, 2.24) is 5.48 Å². The highest BCUT2D eigenvalue weighted by Gasteiger charge is 2.30. The number of halogens is 5. The third kappa shape index (κ3) is 5.42. The van der Waals surface area contributed by atoms with Gasteiger partial charge in [-0.1, -0.05) is 34.1 Å². The first-order chi connectivity index (χ1) is 16.2. The first-order valence-electron chi connectivity index (χ1n) is 9.78. The van der Waals surface area contributed by atoms with Crippen molar-refractivity contribution in [2.24, 2.45) is 9.98 Å². The summed E-state index contributed by atoms with van der Waals surface area (Å²) in [5.41, 5.74) is 3.02. The van der Waals surface area contributed by atoms with Gasteiger partial charge in [0.1, 0.15) is 12.4 Å². The number of hydrogen-bond acceptors (Lipinski definition) is 5. The summed E-state index contributed by atoms with van der Waals surface area (Å²) in [5, 5.41) is 2.21. The maximum absolute atomic E-state index is 14.5. The number of amides is 1. The fourth-order valence-corrected chi connectivity index (χ4v) is 3.54. The molecule has 0 saturated heterocycles. The molecule has 0 atom stereocenters. The van der Waals surface area contributed by atoms with Crippen LogP contribution in [0.4, 0.5) is 33.7 Å². The lowest BCUT2D eigenvalue weighted by Gasteiger charge is -2.11. The second-order valence-corrected chi connectivity index (χ2v) is 7.98. The zero-order valence-electron chi connectivity index (χ0n) is 17.2. The minimum absolute atomic E-state index is 0.0766. The lowest BCUT2D eigenvalue weighted by atomic mass is 10.0. The summed E-state index contributed by atoms with van der Waals surface area (Å²) in [4.78, 5) is 25.9. The second kappa shape index (κ2) is 9.64. The molecule has 1 heterocycles. The number of benzene rings is 3. The summed E-state index contributed by atoms with van der Waals surface area (Å²) < 4.78 is 53.8. The van der Waals surface area contributed by atoms with Crippen LogP contribution in [0.2, 0.25) is 0 Å². The van der Waals surface area contributed by atoms with Gasteiger partial charge in [0.05, 0.1) is 17.0 Å². The molecule has 0 aliphatic carbocycles. The van der Waals surface area contributed by atoms with Crippen molar-refractivity contribution in [3.63, 3.8) is 0 Å². The predicted molar refractivity (Wildman–Crippen MR) is 123 cm³/mol. The van der Waals surface area contributed by atoms with Gasteiger partial charge in [-0.3, -0.25) is 10.3 Å². The van der Waals surface area contributed by atoms with E-state index in [-0.39, 0.29) is 23.6 Å². The van der Waals surface area contributed by atoms with Gasteiger partial charge in [0.25, 0.3) is 0 Å². The second-order valence-electron chi connectivity index (χ2n) is 7.06. The number of hydrogen-bond donors (Lipinski definition) is 2. The molecule has 6 nitrogen and oxygen atoms in total. The van der Waals surface area contributed by atoms with Crippen molar-refractivity contribution in [3.8, 4) is 0 Å². The van der Waals surface area contributed by atoms with Crippen LogP contribution in [0.5, 0.6) is 0 Å². The van der Waals surface area contributed by atoms with Crippen molar-refractivity contribution < 1.29 is 27.2 Å². The Hall–Kier alpha value is -3.73. The van der Waals surface area contributed by atoms with E-state index < -0.39 is 23.7 Å². The number of aliphatic imine (C=N–C) groups is 2. The van der Waals surface area contributed by atoms with Crippen molar-refractivity contribution in [1.29, 1.82) is 0 Å². The molecule has 0 aromatic heterocycles. The third-order valence-corrected chi connectivity index (χ3v) is 5.18. The SMILES string of the molecule is O=C(Nc1cccc(C(F)(F)F)c1)ONC1=Nc2ccc(Br)cc2C(c2ccccc2F)=NC1. The van der Waals surface area contributed by atoms with Gasteiger partial charge in [0.15, 0.2) is 5.84 Å². The molecule has 0 fully saturated rings. The highest BCUT2D eigenvalue weighted by molar-refractivity contribution is 9.10. The van der Waals surface area contributed by atoms with Gasteiger partial charge < -0.3 is 4.84 Å². The highest BCUT2D eigenvalue weighted by Crippen LogP contribution is 2.31. The van der Waals surface area contributed by atoms with E-state index >= 15 is 0 Å². The number of carbonyl (C=O) groups excluding carboxylic acids is 1. The van der Waals surface area contributed by atoms with Gasteiger partial charge in [-0.25, -0.2) is 19.7 Å². The summed E-state index contributed by atoms with van der Waals surface area (Å²) in [6, 6.07) is 15.5. The summed E-state index contributed by atoms with van der Waals surface area (Å²) in [6.45, 7) is -0.0766. The van der Waals surface area contributed by atoms with Gasteiger partial charge in [-0.05, 0) is 48.5 Å². The Morgan fingerprint density at radius 3 is 2.56 bits per heavy atom. The Morgan fingerprint density at radius 2 is 1.79 bits per heavy atom. The van der Waals surface area contributed by atoms with Crippen LogP contribution in [0.3, 0.4) is 0 Å². The van der Waals surface area contributed by atoms with Crippen molar-refractivity contribution in [3.05, 3.63) is 93.7 Å². The number of amidine groups is 1. The van der Waals surface area contributed by atoms with Crippen molar-refractivity contribution in [2.45, 2.75) is 6.18 Å². The molecule has 174 valence electrons. The number of nitrogens with one attached hydrogen (secondary N) is 2. The van der Waals surface area contributed by atoms with Gasteiger partial charge in [0, 0.05) is 21.3 Å². The number of rotatable bonds is 2.